The second kappa shape index (κ2) is 2.96. The normalized spacial score (nSPS) is 23.9. The molecule has 0 spiro atoms. The van der Waals surface area contributed by atoms with Gasteiger partial charge in [-0.05, 0) is 50.1 Å². The van der Waals surface area contributed by atoms with Gasteiger partial charge in [0, 0.05) is 12.0 Å². The van der Waals surface area contributed by atoms with E-state index in [1.165, 1.54) is 25.7 Å². The Morgan fingerprint density at radius 2 is 2.00 bits per heavy atom. The molecule has 2 aliphatic rings. The fourth-order valence-corrected chi connectivity index (χ4v) is 2.35. The summed E-state index contributed by atoms with van der Waals surface area (Å²) < 4.78 is 2.15. The van der Waals surface area contributed by atoms with Crippen LogP contribution in [-0.4, -0.2) is 14.8 Å². The van der Waals surface area contributed by atoms with Gasteiger partial charge in [-0.1, -0.05) is 0 Å². The molecule has 2 fully saturated rings. The van der Waals surface area contributed by atoms with Gasteiger partial charge in [-0.2, -0.15) is 0 Å². The molecular formula is C10H14ClN3. The first-order valence-corrected chi connectivity index (χ1v) is 5.75. The van der Waals surface area contributed by atoms with Crippen LogP contribution in [0.3, 0.4) is 0 Å². The predicted octanol–water partition coefficient (Wildman–Crippen LogP) is 2.78. The third-order valence-electron chi connectivity index (χ3n) is 3.33. The molecule has 1 atom stereocenters. The lowest BCUT2D eigenvalue weighted by molar-refractivity contribution is 0.468. The Morgan fingerprint density at radius 1 is 1.29 bits per heavy atom. The summed E-state index contributed by atoms with van der Waals surface area (Å²) in [7, 11) is 0. The van der Waals surface area contributed by atoms with E-state index < -0.39 is 0 Å². The summed E-state index contributed by atoms with van der Waals surface area (Å²) in [6.45, 7) is 2.23. The summed E-state index contributed by atoms with van der Waals surface area (Å²) in [4.78, 5) is 0. The standard InChI is InChI=1S/C10H14ClN3/c1-6(7-2-3-7)14-9(8-4-5-8)12-13-10(14)11/h6-8H,2-5H2,1H3. The first-order valence-electron chi connectivity index (χ1n) is 5.37. The molecule has 0 N–H and O–H groups in total. The Bertz CT molecular complexity index is 352. The van der Waals surface area contributed by atoms with Gasteiger partial charge in [-0.15, -0.1) is 10.2 Å². The molecule has 0 radical (unpaired) electrons. The number of aromatic nitrogens is 3. The summed E-state index contributed by atoms with van der Waals surface area (Å²) in [5.74, 6) is 2.56. The van der Waals surface area contributed by atoms with E-state index in [9.17, 15) is 0 Å². The van der Waals surface area contributed by atoms with Gasteiger partial charge in [0.25, 0.3) is 0 Å². The van der Waals surface area contributed by atoms with Gasteiger partial charge in [0.15, 0.2) is 0 Å². The Balaban J connectivity index is 1.95. The van der Waals surface area contributed by atoms with Crippen LogP contribution >= 0.6 is 11.6 Å². The first-order chi connectivity index (χ1) is 6.77. The maximum atomic E-state index is 6.07. The summed E-state index contributed by atoms with van der Waals surface area (Å²) in [6, 6.07) is 0.494. The van der Waals surface area contributed by atoms with Gasteiger partial charge < -0.3 is 0 Å². The predicted molar refractivity (Wildman–Crippen MR) is 54.4 cm³/mol. The molecule has 2 aliphatic carbocycles. The fourth-order valence-electron chi connectivity index (χ4n) is 2.07. The van der Waals surface area contributed by atoms with Crippen molar-refractivity contribution in [2.45, 2.75) is 44.6 Å². The van der Waals surface area contributed by atoms with E-state index in [4.69, 9.17) is 11.6 Å². The molecule has 0 saturated heterocycles. The van der Waals surface area contributed by atoms with Gasteiger partial charge in [-0.25, -0.2) is 0 Å². The van der Waals surface area contributed by atoms with E-state index in [0.717, 1.165) is 11.7 Å². The molecule has 0 amide bonds. The Morgan fingerprint density at radius 3 is 2.57 bits per heavy atom. The third kappa shape index (κ3) is 1.34. The molecule has 2 saturated carbocycles. The second-order valence-corrected chi connectivity index (χ2v) is 4.89. The Labute approximate surface area is 88.5 Å². The lowest BCUT2D eigenvalue weighted by Gasteiger charge is -2.15. The zero-order valence-electron chi connectivity index (χ0n) is 8.28. The van der Waals surface area contributed by atoms with Gasteiger partial charge in [0.2, 0.25) is 5.28 Å². The maximum Gasteiger partial charge on any atom is 0.225 e. The zero-order chi connectivity index (χ0) is 9.71. The highest BCUT2D eigenvalue weighted by atomic mass is 35.5. The summed E-state index contributed by atoms with van der Waals surface area (Å²) in [5, 5.41) is 8.75. The molecule has 14 heavy (non-hydrogen) atoms. The Hall–Kier alpha value is -0.570. The lowest BCUT2D eigenvalue weighted by Crippen LogP contribution is -2.10. The Kier molecular flexibility index (Phi) is 1.84. The van der Waals surface area contributed by atoms with Crippen LogP contribution in [0.2, 0.25) is 5.28 Å². The lowest BCUT2D eigenvalue weighted by atomic mass is 10.2. The van der Waals surface area contributed by atoms with Crippen LogP contribution < -0.4 is 0 Å². The van der Waals surface area contributed by atoms with Gasteiger partial charge in [0.05, 0.1) is 0 Å². The minimum absolute atomic E-state index is 0.494. The number of rotatable bonds is 3. The number of hydrogen-bond acceptors (Lipinski definition) is 2. The number of halogens is 1. The molecule has 1 aromatic rings. The SMILES string of the molecule is CC(C1CC1)n1c(Cl)nnc1C1CC1. The first kappa shape index (κ1) is 8.72. The molecule has 0 aliphatic heterocycles. The monoisotopic (exact) mass is 211 g/mol. The largest absolute Gasteiger partial charge is 0.298 e. The second-order valence-electron chi connectivity index (χ2n) is 4.55. The van der Waals surface area contributed by atoms with Crippen molar-refractivity contribution in [2.24, 2.45) is 5.92 Å². The summed E-state index contributed by atoms with van der Waals surface area (Å²) in [6.07, 6.45) is 5.18. The number of nitrogens with zero attached hydrogens (tertiary/aromatic N) is 3. The quantitative estimate of drug-likeness (QED) is 0.770. The average Bonchev–Trinajstić information content (AvgIpc) is 3.01. The minimum Gasteiger partial charge on any atom is -0.298 e. The van der Waals surface area contributed by atoms with Crippen molar-refractivity contribution in [1.29, 1.82) is 0 Å². The van der Waals surface area contributed by atoms with Gasteiger partial charge in [0.1, 0.15) is 5.82 Å². The van der Waals surface area contributed by atoms with E-state index in [-0.39, 0.29) is 0 Å². The average molecular weight is 212 g/mol. The third-order valence-corrected chi connectivity index (χ3v) is 3.59. The molecule has 1 unspecified atom stereocenters. The van der Waals surface area contributed by atoms with Crippen LogP contribution in [0.4, 0.5) is 0 Å². The summed E-state index contributed by atoms with van der Waals surface area (Å²) >= 11 is 6.07. The van der Waals surface area contributed by atoms with Crippen LogP contribution in [-0.2, 0) is 0 Å². The van der Waals surface area contributed by atoms with Gasteiger partial charge in [-0.3, -0.25) is 4.57 Å². The van der Waals surface area contributed by atoms with Crippen LogP contribution in [0.1, 0.15) is 50.4 Å². The van der Waals surface area contributed by atoms with Crippen molar-refractivity contribution in [3.05, 3.63) is 11.1 Å². The highest BCUT2D eigenvalue weighted by Gasteiger charge is 2.36. The topological polar surface area (TPSA) is 30.7 Å². The zero-order valence-corrected chi connectivity index (χ0v) is 9.04. The van der Waals surface area contributed by atoms with Crippen LogP contribution in [0.5, 0.6) is 0 Å². The molecule has 0 aromatic carbocycles. The van der Waals surface area contributed by atoms with E-state index in [1.54, 1.807) is 0 Å². The van der Waals surface area contributed by atoms with Crippen molar-refractivity contribution in [2.75, 3.05) is 0 Å². The molecule has 4 heteroatoms. The molecule has 1 aromatic heterocycles. The van der Waals surface area contributed by atoms with Crippen LogP contribution in [0, 0.1) is 5.92 Å². The molecule has 1 heterocycles. The van der Waals surface area contributed by atoms with Crippen molar-refractivity contribution >= 4 is 11.6 Å². The van der Waals surface area contributed by atoms with Crippen LogP contribution in [0.15, 0.2) is 0 Å². The maximum absolute atomic E-state index is 6.07. The minimum atomic E-state index is 0.494. The number of hydrogen-bond donors (Lipinski definition) is 0. The molecular weight excluding hydrogens is 198 g/mol. The molecule has 3 nitrogen and oxygen atoms in total. The van der Waals surface area contributed by atoms with Crippen LogP contribution in [0.25, 0.3) is 0 Å². The molecule has 76 valence electrons. The van der Waals surface area contributed by atoms with E-state index in [2.05, 4.69) is 21.7 Å². The highest BCUT2D eigenvalue weighted by Crippen LogP contribution is 2.45. The van der Waals surface area contributed by atoms with Gasteiger partial charge >= 0.3 is 0 Å². The van der Waals surface area contributed by atoms with Crippen molar-refractivity contribution in [3.8, 4) is 0 Å². The van der Waals surface area contributed by atoms with Crippen molar-refractivity contribution < 1.29 is 0 Å². The molecule has 3 rings (SSSR count). The fraction of sp³-hybridized carbons (Fsp3) is 0.800. The highest BCUT2D eigenvalue weighted by molar-refractivity contribution is 6.28. The molecule has 0 bridgehead atoms. The van der Waals surface area contributed by atoms with E-state index in [0.29, 0.717) is 17.2 Å². The summed E-state index contributed by atoms with van der Waals surface area (Å²) in [5.41, 5.74) is 0. The van der Waals surface area contributed by atoms with Crippen molar-refractivity contribution in [3.63, 3.8) is 0 Å². The van der Waals surface area contributed by atoms with E-state index >= 15 is 0 Å². The smallest absolute Gasteiger partial charge is 0.225 e. The van der Waals surface area contributed by atoms with E-state index in [1.807, 2.05) is 0 Å². The van der Waals surface area contributed by atoms with Crippen molar-refractivity contribution in [1.82, 2.24) is 14.8 Å².